The molecule has 2 aromatic rings. The van der Waals surface area contributed by atoms with Crippen LogP contribution < -0.4 is 10.1 Å². The predicted molar refractivity (Wildman–Crippen MR) is 118 cm³/mol. The normalized spacial score (nSPS) is 14.4. The number of carbonyl (C=O) groups is 2. The summed E-state index contributed by atoms with van der Waals surface area (Å²) in [4.78, 5) is 30.9. The van der Waals surface area contributed by atoms with E-state index < -0.39 is 0 Å². The van der Waals surface area contributed by atoms with Crippen molar-refractivity contribution in [1.29, 1.82) is 0 Å². The molecule has 160 valence electrons. The molecule has 1 N–H and O–H groups in total. The number of aromatic nitrogens is 1. The second-order valence-electron chi connectivity index (χ2n) is 7.39. The number of aryl methyl sites for hydroxylation is 1. The van der Waals surface area contributed by atoms with Gasteiger partial charge in [0.25, 0.3) is 0 Å². The number of benzene rings is 1. The summed E-state index contributed by atoms with van der Waals surface area (Å²) in [5.41, 5.74) is 1.04. The van der Waals surface area contributed by atoms with E-state index in [1.54, 1.807) is 24.4 Å². The van der Waals surface area contributed by atoms with E-state index in [-0.39, 0.29) is 17.7 Å². The van der Waals surface area contributed by atoms with Crippen molar-refractivity contribution in [3.05, 3.63) is 52.1 Å². The van der Waals surface area contributed by atoms with Gasteiger partial charge in [-0.15, -0.1) is 0 Å². The van der Waals surface area contributed by atoms with Gasteiger partial charge in [-0.1, -0.05) is 23.2 Å². The third-order valence-electron chi connectivity index (χ3n) is 5.07. The van der Waals surface area contributed by atoms with Gasteiger partial charge in [0.1, 0.15) is 11.6 Å². The van der Waals surface area contributed by atoms with E-state index in [0.29, 0.717) is 67.0 Å². The number of carbonyl (C=O) groups excluding carboxylic acids is 2. The first-order chi connectivity index (χ1) is 14.4. The van der Waals surface area contributed by atoms with Crippen molar-refractivity contribution >= 4 is 40.8 Å². The van der Waals surface area contributed by atoms with Crippen LogP contribution in [-0.2, 0) is 9.59 Å². The summed E-state index contributed by atoms with van der Waals surface area (Å²) in [7, 11) is 0. The van der Waals surface area contributed by atoms with Gasteiger partial charge in [0.15, 0.2) is 0 Å². The number of hydrogen-bond acceptors (Lipinski definition) is 4. The fourth-order valence-corrected chi connectivity index (χ4v) is 3.84. The molecule has 1 aromatic carbocycles. The Kier molecular flexibility index (Phi) is 7.94. The lowest BCUT2D eigenvalue weighted by atomic mass is 9.95. The molecule has 1 aliphatic rings. The van der Waals surface area contributed by atoms with Crippen LogP contribution in [0, 0.1) is 12.8 Å². The number of halogens is 2. The Bertz CT molecular complexity index is 899. The summed E-state index contributed by atoms with van der Waals surface area (Å²) in [6.07, 6.45) is 3.98. The molecular formula is C22H25Cl2N3O3. The summed E-state index contributed by atoms with van der Waals surface area (Å²) in [5.74, 6) is 1.07. The highest BCUT2D eigenvalue weighted by molar-refractivity contribution is 6.35. The minimum Gasteiger partial charge on any atom is -0.492 e. The summed E-state index contributed by atoms with van der Waals surface area (Å²) in [6.45, 7) is 3.52. The van der Waals surface area contributed by atoms with Gasteiger partial charge in [0.2, 0.25) is 11.8 Å². The zero-order valence-electron chi connectivity index (χ0n) is 16.9. The average molecular weight is 450 g/mol. The van der Waals surface area contributed by atoms with E-state index in [1.807, 2.05) is 24.0 Å². The lowest BCUT2D eigenvalue weighted by molar-refractivity contribution is -0.134. The van der Waals surface area contributed by atoms with Crippen molar-refractivity contribution in [2.75, 3.05) is 25.0 Å². The Hall–Kier alpha value is -2.31. The molecule has 2 heterocycles. The van der Waals surface area contributed by atoms with E-state index >= 15 is 0 Å². The van der Waals surface area contributed by atoms with Crippen LogP contribution in [0.3, 0.4) is 0 Å². The molecule has 3 rings (SSSR count). The number of pyridine rings is 1. The highest BCUT2D eigenvalue weighted by Crippen LogP contribution is 2.27. The molecule has 1 fully saturated rings. The predicted octanol–water partition coefficient (Wildman–Crippen LogP) is 4.73. The number of likely N-dealkylation sites (tertiary alicyclic amines) is 1. The van der Waals surface area contributed by atoms with Crippen LogP contribution in [0.5, 0.6) is 5.75 Å². The van der Waals surface area contributed by atoms with Gasteiger partial charge < -0.3 is 15.0 Å². The highest BCUT2D eigenvalue weighted by atomic mass is 35.5. The second kappa shape index (κ2) is 10.6. The lowest BCUT2D eigenvalue weighted by Gasteiger charge is -2.31. The highest BCUT2D eigenvalue weighted by Gasteiger charge is 2.27. The first kappa shape index (κ1) is 22.4. The van der Waals surface area contributed by atoms with Gasteiger partial charge in [-0.25, -0.2) is 4.98 Å². The van der Waals surface area contributed by atoms with Crippen LogP contribution in [-0.4, -0.2) is 41.4 Å². The van der Waals surface area contributed by atoms with Crippen LogP contribution >= 0.6 is 23.2 Å². The SMILES string of the molecule is Cc1ccnc(NC(=O)C2CCN(C(=O)CCCOc3ccc(Cl)cc3Cl)CC2)c1. The molecule has 6 nitrogen and oxygen atoms in total. The largest absolute Gasteiger partial charge is 0.492 e. The van der Waals surface area contributed by atoms with Crippen LogP contribution in [0.4, 0.5) is 5.82 Å². The van der Waals surface area contributed by atoms with E-state index in [1.165, 1.54) is 0 Å². The Labute approximate surface area is 186 Å². The first-order valence-electron chi connectivity index (χ1n) is 10.0. The quantitative estimate of drug-likeness (QED) is 0.619. The van der Waals surface area contributed by atoms with Crippen LogP contribution in [0.1, 0.15) is 31.2 Å². The van der Waals surface area contributed by atoms with E-state index in [2.05, 4.69) is 10.3 Å². The van der Waals surface area contributed by atoms with E-state index in [9.17, 15) is 9.59 Å². The summed E-state index contributed by atoms with van der Waals surface area (Å²) < 4.78 is 5.62. The standard InChI is InChI=1S/C22H25Cl2N3O3/c1-15-6-9-25-20(13-15)26-22(29)16-7-10-27(11-8-16)21(28)3-2-12-30-19-5-4-17(23)14-18(19)24/h4-6,9,13-14,16H,2-3,7-8,10-12H2,1H3,(H,25,26,29). The van der Waals surface area contributed by atoms with Crippen molar-refractivity contribution in [1.82, 2.24) is 9.88 Å². The molecule has 0 spiro atoms. The molecule has 1 aliphatic heterocycles. The molecule has 0 saturated carbocycles. The molecule has 1 aromatic heterocycles. The molecule has 8 heteroatoms. The number of amides is 2. The smallest absolute Gasteiger partial charge is 0.228 e. The molecule has 1 saturated heterocycles. The van der Waals surface area contributed by atoms with Gasteiger partial charge >= 0.3 is 0 Å². The van der Waals surface area contributed by atoms with Crippen LogP contribution in [0.2, 0.25) is 10.0 Å². The Morgan fingerprint density at radius 1 is 1.20 bits per heavy atom. The van der Waals surface area contributed by atoms with Gasteiger partial charge in [-0.2, -0.15) is 0 Å². The van der Waals surface area contributed by atoms with Crippen LogP contribution in [0.15, 0.2) is 36.5 Å². The molecule has 0 aliphatic carbocycles. The Morgan fingerprint density at radius 3 is 2.67 bits per heavy atom. The van der Waals surface area contributed by atoms with Crippen molar-refractivity contribution in [3.8, 4) is 5.75 Å². The topological polar surface area (TPSA) is 71.5 Å². The molecule has 2 amide bonds. The summed E-state index contributed by atoms with van der Waals surface area (Å²) in [5, 5.41) is 3.88. The number of nitrogens with zero attached hydrogens (tertiary/aromatic N) is 2. The fraction of sp³-hybridized carbons (Fsp3) is 0.409. The number of ether oxygens (including phenoxy) is 1. The first-order valence-corrected chi connectivity index (χ1v) is 10.8. The van der Waals surface area contributed by atoms with Crippen molar-refractivity contribution in [2.45, 2.75) is 32.6 Å². The fourth-order valence-electron chi connectivity index (χ4n) is 3.38. The zero-order chi connectivity index (χ0) is 21.5. The maximum absolute atomic E-state index is 12.5. The van der Waals surface area contributed by atoms with Crippen LogP contribution in [0.25, 0.3) is 0 Å². The molecule has 0 bridgehead atoms. The average Bonchev–Trinajstić information content (AvgIpc) is 2.72. The zero-order valence-corrected chi connectivity index (χ0v) is 18.4. The van der Waals surface area contributed by atoms with Gasteiger partial charge in [0, 0.05) is 36.6 Å². The van der Waals surface area contributed by atoms with Crippen molar-refractivity contribution in [2.24, 2.45) is 5.92 Å². The monoisotopic (exact) mass is 449 g/mol. The number of hydrogen-bond donors (Lipinski definition) is 1. The van der Waals surface area contributed by atoms with Crippen molar-refractivity contribution < 1.29 is 14.3 Å². The summed E-state index contributed by atoms with van der Waals surface area (Å²) >= 11 is 11.9. The minimum absolute atomic E-state index is 0.0338. The molecular weight excluding hydrogens is 425 g/mol. The maximum Gasteiger partial charge on any atom is 0.228 e. The Morgan fingerprint density at radius 2 is 1.97 bits per heavy atom. The Balaban J connectivity index is 1.37. The second-order valence-corrected chi connectivity index (χ2v) is 8.23. The van der Waals surface area contributed by atoms with Gasteiger partial charge in [0.05, 0.1) is 11.6 Å². The maximum atomic E-state index is 12.5. The molecule has 0 unspecified atom stereocenters. The number of piperidine rings is 1. The third kappa shape index (κ3) is 6.34. The number of anilines is 1. The minimum atomic E-state index is -0.105. The third-order valence-corrected chi connectivity index (χ3v) is 5.60. The lowest BCUT2D eigenvalue weighted by Crippen LogP contribution is -2.41. The molecule has 0 atom stereocenters. The van der Waals surface area contributed by atoms with Gasteiger partial charge in [-0.3, -0.25) is 9.59 Å². The summed E-state index contributed by atoms with van der Waals surface area (Å²) in [6, 6.07) is 8.78. The van der Waals surface area contributed by atoms with E-state index in [0.717, 1.165) is 5.56 Å². The number of rotatable bonds is 7. The van der Waals surface area contributed by atoms with E-state index in [4.69, 9.17) is 27.9 Å². The van der Waals surface area contributed by atoms with Gasteiger partial charge in [-0.05, 0) is 62.1 Å². The van der Waals surface area contributed by atoms with Crippen molar-refractivity contribution in [3.63, 3.8) is 0 Å². The molecule has 30 heavy (non-hydrogen) atoms. The molecule has 0 radical (unpaired) electrons. The number of nitrogens with one attached hydrogen (secondary N) is 1.